The van der Waals surface area contributed by atoms with Crippen LogP contribution in [0.3, 0.4) is 0 Å². The first-order valence-corrected chi connectivity index (χ1v) is 14.2. The maximum atomic E-state index is 11.7. The lowest BCUT2D eigenvalue weighted by molar-refractivity contribution is -0.434. The number of nitrogens with zero attached hydrogens (tertiary/aromatic N) is 2. The SMILES string of the molecule is CC(=O)Oc1ccc2c(c1)[N+]1=C(c3ccccc3N(CCC3CCNCC3)CC1)C2C1CCCCC1. The van der Waals surface area contributed by atoms with Gasteiger partial charge in [-0.15, -0.1) is 0 Å². The third-order valence-corrected chi connectivity index (χ3v) is 8.98. The lowest BCUT2D eigenvalue weighted by Gasteiger charge is -2.30. The summed E-state index contributed by atoms with van der Waals surface area (Å²) in [6.07, 6.45) is 10.5. The van der Waals surface area contributed by atoms with Crippen LogP contribution in [0.2, 0.25) is 0 Å². The van der Waals surface area contributed by atoms with Gasteiger partial charge in [0.2, 0.25) is 5.69 Å². The topological polar surface area (TPSA) is 44.6 Å². The van der Waals surface area contributed by atoms with Crippen molar-refractivity contribution in [3.05, 3.63) is 53.6 Å². The Morgan fingerprint density at radius 3 is 2.67 bits per heavy atom. The molecule has 3 aliphatic heterocycles. The van der Waals surface area contributed by atoms with E-state index in [1.807, 2.05) is 6.07 Å². The molecule has 2 fully saturated rings. The Morgan fingerprint density at radius 2 is 1.86 bits per heavy atom. The minimum absolute atomic E-state index is 0.258. The molecule has 4 aliphatic rings. The second-order valence-electron chi connectivity index (χ2n) is 11.2. The summed E-state index contributed by atoms with van der Waals surface area (Å²) in [6.45, 7) is 6.92. The average Bonchev–Trinajstić information content (AvgIpc) is 3.13. The van der Waals surface area contributed by atoms with Gasteiger partial charge in [0.05, 0.1) is 29.8 Å². The molecule has 3 heterocycles. The fourth-order valence-electron chi connectivity index (χ4n) is 7.24. The van der Waals surface area contributed by atoms with Gasteiger partial charge in [-0.05, 0) is 81.3 Å². The first-order chi connectivity index (χ1) is 17.7. The molecular weight excluding hydrogens is 446 g/mol. The Bertz CT molecular complexity index is 1140. The fourth-order valence-corrected chi connectivity index (χ4v) is 7.24. The van der Waals surface area contributed by atoms with Crippen molar-refractivity contribution in [2.24, 2.45) is 11.8 Å². The number of rotatable bonds is 5. The van der Waals surface area contributed by atoms with Crippen molar-refractivity contribution in [3.63, 3.8) is 0 Å². The molecule has 190 valence electrons. The van der Waals surface area contributed by atoms with Gasteiger partial charge in [0.15, 0.2) is 12.3 Å². The highest BCUT2D eigenvalue weighted by Crippen LogP contribution is 2.48. The van der Waals surface area contributed by atoms with E-state index in [-0.39, 0.29) is 5.97 Å². The molecule has 0 spiro atoms. The van der Waals surface area contributed by atoms with Crippen molar-refractivity contribution in [1.29, 1.82) is 0 Å². The summed E-state index contributed by atoms with van der Waals surface area (Å²) < 4.78 is 8.11. The van der Waals surface area contributed by atoms with Crippen LogP contribution in [-0.2, 0) is 4.79 Å². The quantitative estimate of drug-likeness (QED) is 0.338. The van der Waals surface area contributed by atoms with Gasteiger partial charge in [-0.1, -0.05) is 31.4 Å². The van der Waals surface area contributed by atoms with Gasteiger partial charge in [0, 0.05) is 19.0 Å². The molecule has 0 radical (unpaired) electrons. The Labute approximate surface area is 215 Å². The summed E-state index contributed by atoms with van der Waals surface area (Å²) in [7, 11) is 0. The summed E-state index contributed by atoms with van der Waals surface area (Å²) in [4.78, 5) is 14.4. The molecule has 0 bridgehead atoms. The van der Waals surface area contributed by atoms with Crippen molar-refractivity contribution in [2.75, 3.05) is 37.6 Å². The van der Waals surface area contributed by atoms with Gasteiger partial charge in [-0.2, -0.15) is 4.58 Å². The zero-order valence-electron chi connectivity index (χ0n) is 21.7. The van der Waals surface area contributed by atoms with E-state index in [1.165, 1.54) is 86.5 Å². The lowest BCUT2D eigenvalue weighted by Crippen LogP contribution is -2.33. The van der Waals surface area contributed by atoms with Crippen LogP contribution in [0.25, 0.3) is 0 Å². The van der Waals surface area contributed by atoms with Crippen molar-refractivity contribution in [1.82, 2.24) is 5.32 Å². The van der Waals surface area contributed by atoms with Gasteiger partial charge in [-0.25, -0.2) is 0 Å². The number of fused-ring (bicyclic) bond motifs is 4. The first-order valence-electron chi connectivity index (χ1n) is 14.2. The van der Waals surface area contributed by atoms with E-state index in [2.05, 4.69) is 51.2 Å². The summed E-state index contributed by atoms with van der Waals surface area (Å²) in [5.74, 6) is 2.32. The van der Waals surface area contributed by atoms with Gasteiger partial charge >= 0.3 is 5.97 Å². The van der Waals surface area contributed by atoms with E-state index in [0.717, 1.165) is 38.6 Å². The Morgan fingerprint density at radius 1 is 1.06 bits per heavy atom. The Hall–Kier alpha value is -2.66. The monoisotopic (exact) mass is 486 g/mol. The van der Waals surface area contributed by atoms with Crippen LogP contribution in [0.4, 0.5) is 11.4 Å². The number of piperidine rings is 1. The van der Waals surface area contributed by atoms with Gasteiger partial charge in [0.25, 0.3) is 0 Å². The van der Waals surface area contributed by atoms with Crippen molar-refractivity contribution in [3.8, 4) is 5.75 Å². The normalized spacial score (nSPS) is 22.6. The molecule has 5 heteroatoms. The number of ether oxygens (including phenoxy) is 1. The summed E-state index contributed by atoms with van der Waals surface area (Å²) in [5.41, 5.74) is 6.95. The fraction of sp³-hybridized carbons (Fsp3) is 0.548. The molecule has 36 heavy (non-hydrogen) atoms. The molecule has 1 saturated carbocycles. The van der Waals surface area contributed by atoms with Gasteiger partial charge < -0.3 is 15.0 Å². The molecule has 2 aromatic carbocycles. The smallest absolute Gasteiger partial charge is 0.308 e. The largest absolute Gasteiger partial charge is 0.426 e. The molecule has 1 N–H and O–H groups in total. The van der Waals surface area contributed by atoms with Crippen molar-refractivity contribution in [2.45, 2.75) is 64.2 Å². The highest BCUT2D eigenvalue weighted by molar-refractivity contribution is 6.09. The number of nitrogens with one attached hydrogen (secondary N) is 1. The first kappa shape index (κ1) is 23.7. The van der Waals surface area contributed by atoms with E-state index >= 15 is 0 Å². The number of carbonyl (C=O) groups is 1. The number of hydrogen-bond donors (Lipinski definition) is 1. The van der Waals surface area contributed by atoms with Crippen LogP contribution >= 0.6 is 0 Å². The minimum atomic E-state index is -0.258. The molecule has 0 amide bonds. The zero-order valence-corrected chi connectivity index (χ0v) is 21.7. The van der Waals surface area contributed by atoms with E-state index < -0.39 is 0 Å². The third kappa shape index (κ3) is 4.58. The highest BCUT2D eigenvalue weighted by Gasteiger charge is 2.46. The maximum absolute atomic E-state index is 11.7. The Balaban J connectivity index is 1.38. The number of esters is 1. The molecule has 1 unspecified atom stereocenters. The lowest BCUT2D eigenvalue weighted by atomic mass is 9.74. The second kappa shape index (κ2) is 10.4. The highest BCUT2D eigenvalue weighted by atomic mass is 16.5. The maximum Gasteiger partial charge on any atom is 0.308 e. The number of anilines is 1. The van der Waals surface area contributed by atoms with Crippen LogP contribution in [-0.4, -0.2) is 49.0 Å². The molecule has 1 atom stereocenters. The summed E-state index contributed by atoms with van der Waals surface area (Å²) in [5, 5.41) is 3.51. The van der Waals surface area contributed by atoms with Crippen molar-refractivity contribution >= 4 is 23.1 Å². The predicted octanol–water partition coefficient (Wildman–Crippen LogP) is 5.63. The van der Waals surface area contributed by atoms with E-state index in [1.54, 1.807) is 0 Å². The van der Waals surface area contributed by atoms with E-state index in [0.29, 0.717) is 17.6 Å². The predicted molar refractivity (Wildman–Crippen MR) is 145 cm³/mol. The number of carbonyl (C=O) groups excluding carboxylic acids is 1. The van der Waals surface area contributed by atoms with Crippen LogP contribution < -0.4 is 15.0 Å². The zero-order chi connectivity index (χ0) is 24.5. The molecule has 5 nitrogen and oxygen atoms in total. The average molecular weight is 487 g/mol. The molecule has 1 aliphatic carbocycles. The third-order valence-electron chi connectivity index (χ3n) is 8.98. The standard InChI is InChI=1S/C31H40N3O2/c1-22(35)36-25-11-12-26-29(21-25)34-20-19-33(18-15-23-13-16-32-17-14-23)28-10-6-5-9-27(28)31(34)30(26)24-7-3-2-4-8-24/h5-6,9-12,21,23-24,30,32H,2-4,7-8,13-20H2,1H3/q+1. The van der Waals surface area contributed by atoms with Crippen molar-refractivity contribution < 1.29 is 14.1 Å². The van der Waals surface area contributed by atoms with Gasteiger partial charge in [0.1, 0.15) is 5.75 Å². The van der Waals surface area contributed by atoms with Crippen LogP contribution in [0.15, 0.2) is 42.5 Å². The molecule has 0 aromatic heterocycles. The summed E-state index contributed by atoms with van der Waals surface area (Å²) >= 11 is 0. The number of benzene rings is 2. The second-order valence-corrected chi connectivity index (χ2v) is 11.2. The van der Waals surface area contributed by atoms with Crippen LogP contribution in [0, 0.1) is 11.8 Å². The van der Waals surface area contributed by atoms with Crippen LogP contribution in [0.1, 0.15) is 75.3 Å². The summed E-state index contributed by atoms with van der Waals surface area (Å²) in [6, 6.07) is 15.5. The number of para-hydroxylation sites is 1. The van der Waals surface area contributed by atoms with E-state index in [9.17, 15) is 4.79 Å². The van der Waals surface area contributed by atoms with Gasteiger partial charge in [-0.3, -0.25) is 4.79 Å². The molecule has 2 aromatic rings. The number of hydrogen-bond acceptors (Lipinski definition) is 4. The molecular formula is C31H40N3O2+. The molecule has 1 saturated heterocycles. The minimum Gasteiger partial charge on any atom is -0.426 e. The Kier molecular flexibility index (Phi) is 6.83. The van der Waals surface area contributed by atoms with Crippen LogP contribution in [0.5, 0.6) is 5.75 Å². The van der Waals surface area contributed by atoms with E-state index in [4.69, 9.17) is 4.74 Å². The molecule has 6 rings (SSSR count).